The van der Waals surface area contributed by atoms with Crippen molar-refractivity contribution in [3.05, 3.63) is 81.7 Å². The minimum absolute atomic E-state index is 0.0369. The number of hydrogen-bond donors (Lipinski definition) is 1. The van der Waals surface area contributed by atoms with Gasteiger partial charge in [-0.3, -0.25) is 14.5 Å². The molecule has 7 nitrogen and oxygen atoms in total. The standard InChI is InChI=1S/C27H25FIN3O4S/c1-35-22-12-3-17(15-23(22)36-2)13-14-32-25(33)16-24(26(34)30-20-10-6-19(29)7-11-20)37-27(32)31-21-8-4-18(28)5-9-21/h3-12,15,24H,13-14,16H2,1-2H3,(H,30,34)/t24-/m0/s1. The van der Waals surface area contributed by atoms with Gasteiger partial charge in [0.25, 0.3) is 0 Å². The Balaban J connectivity index is 1.55. The molecule has 192 valence electrons. The summed E-state index contributed by atoms with van der Waals surface area (Å²) < 4.78 is 25.2. The zero-order chi connectivity index (χ0) is 26.4. The van der Waals surface area contributed by atoms with Gasteiger partial charge in [0, 0.05) is 22.2 Å². The van der Waals surface area contributed by atoms with Crippen LogP contribution in [0.1, 0.15) is 12.0 Å². The van der Waals surface area contributed by atoms with Crippen molar-refractivity contribution in [2.45, 2.75) is 18.1 Å². The normalized spacial score (nSPS) is 16.5. The van der Waals surface area contributed by atoms with E-state index in [1.165, 1.54) is 36.0 Å². The predicted octanol–water partition coefficient (Wildman–Crippen LogP) is 5.65. The Hall–Kier alpha value is -3.12. The molecule has 1 saturated heterocycles. The van der Waals surface area contributed by atoms with E-state index in [4.69, 9.17) is 9.47 Å². The fourth-order valence-electron chi connectivity index (χ4n) is 3.72. The molecule has 0 aromatic heterocycles. The van der Waals surface area contributed by atoms with Crippen LogP contribution in [0.25, 0.3) is 0 Å². The number of amides is 2. The fraction of sp³-hybridized carbons (Fsp3) is 0.222. The van der Waals surface area contributed by atoms with E-state index in [0.717, 1.165) is 9.13 Å². The molecule has 4 rings (SSSR count). The Morgan fingerprint density at radius 1 is 1.08 bits per heavy atom. The summed E-state index contributed by atoms with van der Waals surface area (Å²) in [6, 6.07) is 18.7. The second-order valence-electron chi connectivity index (χ2n) is 8.16. The van der Waals surface area contributed by atoms with E-state index in [0.29, 0.717) is 41.0 Å². The highest BCUT2D eigenvalue weighted by Gasteiger charge is 2.35. The number of aliphatic imine (C=N–C) groups is 1. The highest BCUT2D eigenvalue weighted by Crippen LogP contribution is 2.31. The number of ether oxygens (including phenoxy) is 2. The Morgan fingerprint density at radius 3 is 2.46 bits per heavy atom. The van der Waals surface area contributed by atoms with Crippen molar-refractivity contribution in [3.8, 4) is 11.5 Å². The van der Waals surface area contributed by atoms with Crippen LogP contribution >= 0.6 is 34.4 Å². The van der Waals surface area contributed by atoms with Crippen molar-refractivity contribution in [1.82, 2.24) is 4.90 Å². The van der Waals surface area contributed by atoms with Crippen molar-refractivity contribution in [3.63, 3.8) is 0 Å². The molecule has 10 heteroatoms. The summed E-state index contributed by atoms with van der Waals surface area (Å²) in [5.74, 6) is 0.369. The van der Waals surface area contributed by atoms with Crippen LogP contribution in [0, 0.1) is 9.39 Å². The summed E-state index contributed by atoms with van der Waals surface area (Å²) in [6.45, 7) is 0.354. The highest BCUT2D eigenvalue weighted by atomic mass is 127. The van der Waals surface area contributed by atoms with Crippen LogP contribution in [0.3, 0.4) is 0 Å². The van der Waals surface area contributed by atoms with Gasteiger partial charge in [-0.15, -0.1) is 0 Å². The third-order valence-electron chi connectivity index (χ3n) is 5.67. The molecule has 1 aliphatic rings. The topological polar surface area (TPSA) is 80.2 Å². The molecule has 0 radical (unpaired) electrons. The molecule has 0 saturated carbocycles. The van der Waals surface area contributed by atoms with Gasteiger partial charge in [-0.05, 0) is 95.2 Å². The van der Waals surface area contributed by atoms with Gasteiger partial charge in [0.1, 0.15) is 11.1 Å². The first-order valence-corrected chi connectivity index (χ1v) is 13.4. The lowest BCUT2D eigenvalue weighted by Gasteiger charge is -2.32. The van der Waals surface area contributed by atoms with Crippen LogP contribution in [0.4, 0.5) is 15.8 Å². The number of amidine groups is 1. The number of carbonyl (C=O) groups excluding carboxylic acids is 2. The van der Waals surface area contributed by atoms with E-state index in [1.807, 2.05) is 42.5 Å². The molecule has 1 aliphatic heterocycles. The maximum Gasteiger partial charge on any atom is 0.238 e. The van der Waals surface area contributed by atoms with E-state index >= 15 is 0 Å². The quantitative estimate of drug-likeness (QED) is 0.325. The molecule has 1 N–H and O–H groups in total. The van der Waals surface area contributed by atoms with E-state index in [9.17, 15) is 14.0 Å². The average molecular weight is 633 g/mol. The summed E-state index contributed by atoms with van der Waals surface area (Å²) in [7, 11) is 3.14. The number of nitrogens with one attached hydrogen (secondary N) is 1. The number of thioether (sulfide) groups is 1. The summed E-state index contributed by atoms with van der Waals surface area (Å²) in [5, 5.41) is 2.63. The lowest BCUT2D eigenvalue weighted by Crippen LogP contribution is -2.46. The molecule has 1 fully saturated rings. The van der Waals surface area contributed by atoms with Gasteiger partial charge in [-0.1, -0.05) is 17.8 Å². The number of carbonyl (C=O) groups is 2. The van der Waals surface area contributed by atoms with Crippen molar-refractivity contribution in [1.29, 1.82) is 0 Å². The van der Waals surface area contributed by atoms with Crippen molar-refractivity contribution < 1.29 is 23.5 Å². The van der Waals surface area contributed by atoms with Gasteiger partial charge in [0.15, 0.2) is 16.7 Å². The molecule has 37 heavy (non-hydrogen) atoms. The minimum atomic E-state index is -0.650. The number of nitrogens with zero attached hydrogens (tertiary/aromatic N) is 2. The first-order valence-electron chi connectivity index (χ1n) is 11.4. The molecular weight excluding hydrogens is 608 g/mol. The second kappa shape index (κ2) is 12.4. The van der Waals surface area contributed by atoms with Crippen LogP contribution in [-0.2, 0) is 16.0 Å². The molecule has 0 unspecified atom stereocenters. The number of rotatable bonds is 8. The second-order valence-corrected chi connectivity index (χ2v) is 10.6. The van der Waals surface area contributed by atoms with Gasteiger partial charge < -0.3 is 14.8 Å². The van der Waals surface area contributed by atoms with Crippen LogP contribution in [0.2, 0.25) is 0 Å². The molecule has 3 aromatic rings. The number of halogens is 2. The van der Waals surface area contributed by atoms with E-state index in [-0.39, 0.29) is 24.1 Å². The smallest absolute Gasteiger partial charge is 0.238 e. The largest absolute Gasteiger partial charge is 0.493 e. The van der Waals surface area contributed by atoms with Crippen LogP contribution in [-0.4, -0.2) is 47.9 Å². The van der Waals surface area contributed by atoms with Crippen molar-refractivity contribution in [2.75, 3.05) is 26.1 Å². The molecule has 0 bridgehead atoms. The molecule has 0 aliphatic carbocycles. The summed E-state index contributed by atoms with van der Waals surface area (Å²) in [4.78, 5) is 32.5. The Kier molecular flexibility index (Phi) is 9.04. The van der Waals surface area contributed by atoms with Crippen molar-refractivity contribution in [2.24, 2.45) is 4.99 Å². The van der Waals surface area contributed by atoms with E-state index in [2.05, 4.69) is 32.9 Å². The van der Waals surface area contributed by atoms with Crippen LogP contribution < -0.4 is 14.8 Å². The first-order chi connectivity index (χ1) is 17.9. The molecule has 3 aromatic carbocycles. The molecular formula is C27H25FIN3O4S. The zero-order valence-electron chi connectivity index (χ0n) is 20.2. The zero-order valence-corrected chi connectivity index (χ0v) is 23.2. The highest BCUT2D eigenvalue weighted by molar-refractivity contribution is 14.1. The number of hydrogen-bond acceptors (Lipinski definition) is 6. The van der Waals surface area contributed by atoms with Gasteiger partial charge in [0.05, 0.1) is 19.9 Å². The Labute approximate surface area is 232 Å². The Bertz CT molecular complexity index is 1300. The van der Waals surface area contributed by atoms with Crippen LogP contribution in [0.5, 0.6) is 11.5 Å². The minimum Gasteiger partial charge on any atom is -0.493 e. The maximum absolute atomic E-state index is 13.4. The maximum atomic E-state index is 13.4. The third kappa shape index (κ3) is 7.01. The summed E-state index contributed by atoms with van der Waals surface area (Å²) in [5.41, 5.74) is 2.10. The van der Waals surface area contributed by atoms with E-state index < -0.39 is 5.25 Å². The molecule has 1 atom stereocenters. The third-order valence-corrected chi connectivity index (χ3v) is 7.57. The number of benzene rings is 3. The fourth-order valence-corrected chi connectivity index (χ4v) is 5.20. The van der Waals surface area contributed by atoms with Gasteiger partial charge in [-0.2, -0.15) is 0 Å². The number of anilines is 1. The Morgan fingerprint density at radius 2 is 1.78 bits per heavy atom. The van der Waals surface area contributed by atoms with Gasteiger partial charge >= 0.3 is 0 Å². The monoisotopic (exact) mass is 633 g/mol. The summed E-state index contributed by atoms with van der Waals surface area (Å²) in [6.07, 6.45) is 0.573. The molecule has 0 spiro atoms. The number of methoxy groups -OCH3 is 2. The SMILES string of the molecule is COc1ccc(CCN2C(=O)C[C@@H](C(=O)Nc3ccc(I)cc3)SC2=Nc2ccc(F)cc2)cc1OC. The average Bonchev–Trinajstić information content (AvgIpc) is 2.90. The summed E-state index contributed by atoms with van der Waals surface area (Å²) >= 11 is 3.42. The van der Waals surface area contributed by atoms with Gasteiger partial charge in [-0.25, -0.2) is 9.38 Å². The molecule has 2 amide bonds. The predicted molar refractivity (Wildman–Crippen MR) is 152 cm³/mol. The lowest BCUT2D eigenvalue weighted by molar-refractivity contribution is -0.129. The van der Waals surface area contributed by atoms with E-state index in [1.54, 1.807) is 19.1 Å². The van der Waals surface area contributed by atoms with Crippen LogP contribution in [0.15, 0.2) is 71.7 Å². The van der Waals surface area contributed by atoms with Gasteiger partial charge in [0.2, 0.25) is 11.8 Å². The first kappa shape index (κ1) is 26.9. The van der Waals surface area contributed by atoms with Crippen molar-refractivity contribution >= 4 is 62.7 Å². The lowest BCUT2D eigenvalue weighted by atomic mass is 10.1. The molecule has 1 heterocycles.